The summed E-state index contributed by atoms with van der Waals surface area (Å²) in [6, 6.07) is 13.9. The van der Waals surface area contributed by atoms with E-state index < -0.39 is 17.9 Å². The Labute approximate surface area is 227 Å². The molecule has 0 fully saturated rings. The standard InChI is InChI=1S/C26H20Cl4N2O4/c27-17-3-1-4-18(28)22(17)24(33)31-21(26(35)36)12-14-7-8-15-9-10-32(13-16(15)11-14)25(34)23-19(29)5-2-6-20(23)30/h1-8,11,21H,9-10,12-13H2,(H,31,33)(H,35,36). The summed E-state index contributed by atoms with van der Waals surface area (Å²) in [5, 5.41) is 13.1. The molecule has 1 atom stereocenters. The minimum absolute atomic E-state index is 0.0184. The van der Waals surface area contributed by atoms with Crippen molar-refractivity contribution in [3.05, 3.63) is 103 Å². The van der Waals surface area contributed by atoms with E-state index in [4.69, 9.17) is 46.4 Å². The molecule has 0 saturated heterocycles. The highest BCUT2D eigenvalue weighted by Gasteiger charge is 2.27. The molecule has 0 radical (unpaired) electrons. The average Bonchev–Trinajstić information content (AvgIpc) is 2.82. The van der Waals surface area contributed by atoms with Crippen LogP contribution in [-0.2, 0) is 24.2 Å². The molecule has 1 heterocycles. The highest BCUT2D eigenvalue weighted by atomic mass is 35.5. The number of carbonyl (C=O) groups is 3. The fourth-order valence-corrected chi connectivity index (χ4v) is 5.28. The van der Waals surface area contributed by atoms with Gasteiger partial charge in [-0.05, 0) is 47.4 Å². The van der Waals surface area contributed by atoms with Crippen molar-refractivity contribution in [2.45, 2.75) is 25.4 Å². The zero-order chi connectivity index (χ0) is 26.0. The van der Waals surface area contributed by atoms with Gasteiger partial charge in [0.15, 0.2) is 0 Å². The molecule has 3 aromatic rings. The molecule has 1 unspecified atom stereocenters. The predicted octanol–water partition coefficient (Wildman–Crippen LogP) is 5.92. The Morgan fingerprint density at radius 1 is 0.861 bits per heavy atom. The van der Waals surface area contributed by atoms with E-state index in [1.807, 2.05) is 18.2 Å². The number of aliphatic carboxylic acids is 1. The summed E-state index contributed by atoms with van der Waals surface area (Å²) in [5.74, 6) is -2.15. The first-order valence-corrected chi connectivity index (χ1v) is 12.5. The van der Waals surface area contributed by atoms with Crippen LogP contribution in [0.4, 0.5) is 0 Å². The highest BCUT2D eigenvalue weighted by molar-refractivity contribution is 6.40. The molecular formula is C26H20Cl4N2O4. The SMILES string of the molecule is O=C(NC(Cc1ccc2c(c1)CN(C(=O)c1c(Cl)cccc1Cl)CC2)C(=O)O)c1c(Cl)cccc1Cl. The molecule has 2 amide bonds. The van der Waals surface area contributed by atoms with E-state index in [-0.39, 0.29) is 43.5 Å². The van der Waals surface area contributed by atoms with Gasteiger partial charge in [-0.3, -0.25) is 9.59 Å². The maximum atomic E-state index is 13.1. The Bertz CT molecular complexity index is 1320. The molecule has 2 N–H and O–H groups in total. The lowest BCUT2D eigenvalue weighted by Crippen LogP contribution is -2.42. The number of carboxylic acid groups (broad SMARTS) is 1. The zero-order valence-corrected chi connectivity index (χ0v) is 21.8. The second-order valence-electron chi connectivity index (χ2n) is 8.34. The first-order chi connectivity index (χ1) is 17.2. The van der Waals surface area contributed by atoms with Crippen LogP contribution in [0.5, 0.6) is 0 Å². The first kappa shape index (κ1) is 26.3. The first-order valence-electron chi connectivity index (χ1n) is 11.0. The van der Waals surface area contributed by atoms with Crippen LogP contribution in [0.25, 0.3) is 0 Å². The topological polar surface area (TPSA) is 86.7 Å². The number of amides is 2. The van der Waals surface area contributed by atoms with E-state index in [0.717, 1.165) is 11.1 Å². The van der Waals surface area contributed by atoms with Crippen molar-refractivity contribution in [2.75, 3.05) is 6.54 Å². The van der Waals surface area contributed by atoms with Gasteiger partial charge < -0.3 is 15.3 Å². The number of benzene rings is 3. The summed E-state index contributed by atoms with van der Waals surface area (Å²) in [5.41, 5.74) is 2.92. The van der Waals surface area contributed by atoms with Crippen LogP contribution in [0.1, 0.15) is 37.4 Å². The van der Waals surface area contributed by atoms with Crippen LogP contribution in [0.2, 0.25) is 20.1 Å². The van der Waals surface area contributed by atoms with Gasteiger partial charge in [0.25, 0.3) is 11.8 Å². The van der Waals surface area contributed by atoms with Crippen LogP contribution in [0.15, 0.2) is 54.6 Å². The number of rotatable bonds is 6. The quantitative estimate of drug-likeness (QED) is 0.388. The number of halogens is 4. The molecule has 36 heavy (non-hydrogen) atoms. The monoisotopic (exact) mass is 564 g/mol. The largest absolute Gasteiger partial charge is 0.480 e. The van der Waals surface area contributed by atoms with E-state index in [9.17, 15) is 19.5 Å². The van der Waals surface area contributed by atoms with Gasteiger partial charge in [0, 0.05) is 19.5 Å². The zero-order valence-electron chi connectivity index (χ0n) is 18.7. The second kappa shape index (κ2) is 11.1. The van der Waals surface area contributed by atoms with Crippen molar-refractivity contribution >= 4 is 64.2 Å². The maximum absolute atomic E-state index is 13.1. The molecule has 3 aromatic carbocycles. The van der Waals surface area contributed by atoms with Gasteiger partial charge >= 0.3 is 5.97 Å². The molecular weight excluding hydrogens is 546 g/mol. The number of fused-ring (bicyclic) bond motifs is 1. The van der Waals surface area contributed by atoms with Gasteiger partial charge in [0.05, 0.1) is 31.2 Å². The number of nitrogens with one attached hydrogen (secondary N) is 1. The maximum Gasteiger partial charge on any atom is 0.326 e. The number of hydrogen-bond donors (Lipinski definition) is 2. The summed E-state index contributed by atoms with van der Waals surface area (Å²) < 4.78 is 0. The fourth-order valence-electron chi connectivity index (χ4n) is 4.15. The van der Waals surface area contributed by atoms with Crippen molar-refractivity contribution in [2.24, 2.45) is 0 Å². The number of carbonyl (C=O) groups excluding carboxylic acids is 2. The lowest BCUT2D eigenvalue weighted by molar-refractivity contribution is -0.139. The van der Waals surface area contributed by atoms with Crippen LogP contribution in [-0.4, -0.2) is 40.4 Å². The molecule has 186 valence electrons. The van der Waals surface area contributed by atoms with E-state index >= 15 is 0 Å². The molecule has 4 rings (SSSR count). The highest BCUT2D eigenvalue weighted by Crippen LogP contribution is 2.29. The molecule has 0 spiro atoms. The van der Waals surface area contributed by atoms with E-state index in [1.165, 1.54) is 12.1 Å². The van der Waals surface area contributed by atoms with Crippen LogP contribution in [0.3, 0.4) is 0 Å². The van der Waals surface area contributed by atoms with Gasteiger partial charge in [-0.1, -0.05) is 76.7 Å². The lowest BCUT2D eigenvalue weighted by atomic mass is 9.94. The summed E-state index contributed by atoms with van der Waals surface area (Å²) in [7, 11) is 0. The van der Waals surface area contributed by atoms with Gasteiger partial charge in [-0.2, -0.15) is 0 Å². The Hall–Kier alpha value is -2.77. The Kier molecular flexibility index (Phi) is 8.10. The van der Waals surface area contributed by atoms with Crippen molar-refractivity contribution in [3.63, 3.8) is 0 Å². The van der Waals surface area contributed by atoms with Gasteiger partial charge in [-0.25, -0.2) is 4.79 Å². The number of hydrogen-bond acceptors (Lipinski definition) is 3. The molecule has 0 bridgehead atoms. The third kappa shape index (κ3) is 5.62. The smallest absolute Gasteiger partial charge is 0.326 e. The molecule has 0 aliphatic carbocycles. The van der Waals surface area contributed by atoms with Gasteiger partial charge in [-0.15, -0.1) is 0 Å². The minimum atomic E-state index is -1.22. The molecule has 6 nitrogen and oxygen atoms in total. The fraction of sp³-hybridized carbons (Fsp3) is 0.192. The lowest BCUT2D eigenvalue weighted by Gasteiger charge is -2.30. The van der Waals surface area contributed by atoms with Crippen molar-refractivity contribution in [3.8, 4) is 0 Å². The molecule has 10 heteroatoms. The third-order valence-electron chi connectivity index (χ3n) is 5.98. The van der Waals surface area contributed by atoms with Crippen LogP contribution < -0.4 is 5.32 Å². The van der Waals surface area contributed by atoms with Crippen molar-refractivity contribution in [1.82, 2.24) is 10.2 Å². The number of nitrogens with zero attached hydrogens (tertiary/aromatic N) is 1. The summed E-state index contributed by atoms with van der Waals surface area (Å²) in [4.78, 5) is 39.4. The normalized spacial score (nSPS) is 13.6. The Balaban J connectivity index is 1.52. The van der Waals surface area contributed by atoms with Crippen molar-refractivity contribution < 1.29 is 19.5 Å². The summed E-state index contributed by atoms with van der Waals surface area (Å²) in [6.45, 7) is 0.821. The van der Waals surface area contributed by atoms with Gasteiger partial charge in [0.2, 0.25) is 0 Å². The molecule has 0 aromatic heterocycles. The predicted molar refractivity (Wildman–Crippen MR) is 140 cm³/mol. The van der Waals surface area contributed by atoms with Crippen molar-refractivity contribution in [1.29, 1.82) is 0 Å². The summed E-state index contributed by atoms with van der Waals surface area (Å²) >= 11 is 24.6. The molecule has 1 aliphatic heterocycles. The van der Waals surface area contributed by atoms with E-state index in [0.29, 0.717) is 25.1 Å². The summed E-state index contributed by atoms with van der Waals surface area (Å²) in [6.07, 6.45) is 0.661. The van der Waals surface area contributed by atoms with Gasteiger partial charge in [0.1, 0.15) is 6.04 Å². The van der Waals surface area contributed by atoms with E-state index in [2.05, 4.69) is 5.32 Å². The number of carboxylic acids is 1. The van der Waals surface area contributed by atoms with E-state index in [1.54, 1.807) is 29.2 Å². The molecule has 1 aliphatic rings. The minimum Gasteiger partial charge on any atom is -0.480 e. The molecule has 0 saturated carbocycles. The van der Waals surface area contributed by atoms with Crippen LogP contribution in [0, 0.1) is 0 Å². The Morgan fingerprint density at radius 2 is 1.44 bits per heavy atom. The third-order valence-corrected chi connectivity index (χ3v) is 7.24. The van der Waals surface area contributed by atoms with Crippen LogP contribution >= 0.6 is 46.4 Å². The second-order valence-corrected chi connectivity index (χ2v) is 9.97. The Morgan fingerprint density at radius 3 is 2.03 bits per heavy atom. The average molecular weight is 566 g/mol.